The molecule has 2 fully saturated rings. The summed E-state index contributed by atoms with van der Waals surface area (Å²) in [4.78, 5) is 14.9. The number of phenols is 1. The lowest BCUT2D eigenvalue weighted by Gasteiger charge is -2.18. The van der Waals surface area contributed by atoms with E-state index in [-0.39, 0.29) is 17.8 Å². The molecular weight excluding hydrogens is 473 g/mol. The van der Waals surface area contributed by atoms with Gasteiger partial charge in [0, 0.05) is 6.61 Å². The number of hydrogen-bond acceptors (Lipinski definition) is 6. The monoisotopic (exact) mass is 491 g/mol. The van der Waals surface area contributed by atoms with E-state index in [0.717, 1.165) is 25.0 Å². The van der Waals surface area contributed by atoms with Crippen LogP contribution in [0, 0.1) is 3.57 Å². The van der Waals surface area contributed by atoms with Crippen molar-refractivity contribution in [2.45, 2.75) is 25.9 Å². The molecule has 1 aromatic rings. The van der Waals surface area contributed by atoms with Crippen LogP contribution in [-0.2, 0) is 9.53 Å². The van der Waals surface area contributed by atoms with Crippen LogP contribution in [0.15, 0.2) is 17.0 Å². The molecule has 2 saturated heterocycles. The van der Waals surface area contributed by atoms with Crippen molar-refractivity contribution in [2.75, 3.05) is 19.8 Å². The van der Waals surface area contributed by atoms with E-state index in [2.05, 4.69) is 0 Å². The van der Waals surface area contributed by atoms with E-state index in [0.29, 0.717) is 31.7 Å². The van der Waals surface area contributed by atoms with Crippen LogP contribution in [0.5, 0.6) is 11.5 Å². The van der Waals surface area contributed by atoms with Crippen LogP contribution in [0.2, 0.25) is 0 Å². The second-order valence-corrected chi connectivity index (χ2v) is 8.55. The highest BCUT2D eigenvalue weighted by atomic mass is 127. The molecule has 1 aromatic carbocycles. The lowest BCUT2D eigenvalue weighted by molar-refractivity contribution is -0.123. The predicted octanol–water partition coefficient (Wildman–Crippen LogP) is 3.78. The summed E-state index contributed by atoms with van der Waals surface area (Å²) in [6.45, 7) is 3.58. The Morgan fingerprint density at radius 3 is 3.04 bits per heavy atom. The zero-order chi connectivity index (χ0) is 18.0. The number of halogens is 1. The SMILES string of the molecule is CCOc1cc(/C=C2\SC(=S)N(C[C@H]3CCCO3)C2=O)cc(I)c1O. The second-order valence-electron chi connectivity index (χ2n) is 5.71. The molecule has 0 aliphatic carbocycles. The van der Waals surface area contributed by atoms with Crippen LogP contribution in [-0.4, -0.2) is 46.1 Å². The van der Waals surface area contributed by atoms with E-state index in [4.69, 9.17) is 21.7 Å². The Bertz CT molecular complexity index is 732. The van der Waals surface area contributed by atoms with Crippen molar-refractivity contribution in [2.24, 2.45) is 0 Å². The molecule has 5 nitrogen and oxygen atoms in total. The van der Waals surface area contributed by atoms with Crippen LogP contribution in [0.3, 0.4) is 0 Å². The number of amides is 1. The first-order valence-corrected chi connectivity index (χ1v) is 10.3. The number of phenolic OH excluding ortho intramolecular Hbond substituents is 1. The highest BCUT2D eigenvalue weighted by Gasteiger charge is 2.34. The Morgan fingerprint density at radius 2 is 2.36 bits per heavy atom. The molecule has 2 aliphatic heterocycles. The number of aromatic hydroxyl groups is 1. The number of hydrogen-bond donors (Lipinski definition) is 1. The summed E-state index contributed by atoms with van der Waals surface area (Å²) in [5.74, 6) is 0.438. The van der Waals surface area contributed by atoms with Crippen LogP contribution >= 0.6 is 46.6 Å². The van der Waals surface area contributed by atoms with Crippen LogP contribution in [0.4, 0.5) is 0 Å². The molecule has 0 radical (unpaired) electrons. The van der Waals surface area contributed by atoms with E-state index >= 15 is 0 Å². The van der Waals surface area contributed by atoms with E-state index in [1.54, 1.807) is 17.0 Å². The van der Waals surface area contributed by atoms with Crippen molar-refractivity contribution in [1.29, 1.82) is 0 Å². The van der Waals surface area contributed by atoms with Crippen molar-refractivity contribution >= 4 is 62.9 Å². The highest BCUT2D eigenvalue weighted by molar-refractivity contribution is 14.1. The van der Waals surface area contributed by atoms with Gasteiger partial charge in [-0.1, -0.05) is 24.0 Å². The van der Waals surface area contributed by atoms with Gasteiger partial charge < -0.3 is 14.6 Å². The Morgan fingerprint density at radius 1 is 1.56 bits per heavy atom. The summed E-state index contributed by atoms with van der Waals surface area (Å²) >= 11 is 8.71. The van der Waals surface area contributed by atoms with E-state index in [1.807, 2.05) is 35.6 Å². The van der Waals surface area contributed by atoms with Gasteiger partial charge in [0.1, 0.15) is 4.32 Å². The van der Waals surface area contributed by atoms with Gasteiger partial charge >= 0.3 is 0 Å². The number of carbonyl (C=O) groups excluding carboxylic acids is 1. The van der Waals surface area contributed by atoms with Gasteiger partial charge in [0.2, 0.25) is 0 Å². The molecule has 134 valence electrons. The topological polar surface area (TPSA) is 59.0 Å². The quantitative estimate of drug-likeness (QED) is 0.385. The fourth-order valence-electron chi connectivity index (χ4n) is 2.74. The Balaban J connectivity index is 1.81. The standard InChI is InChI=1S/C17H18INO4S2/c1-2-22-13-7-10(6-12(18)15(13)20)8-14-16(21)19(17(24)25-14)9-11-4-3-5-23-11/h6-8,11,20H,2-5,9H2,1H3/b14-8-/t11-/m1/s1. The molecule has 0 aromatic heterocycles. The van der Waals surface area contributed by atoms with Gasteiger partial charge in [-0.25, -0.2) is 0 Å². The smallest absolute Gasteiger partial charge is 0.266 e. The van der Waals surface area contributed by atoms with Gasteiger partial charge in [0.15, 0.2) is 11.5 Å². The fraction of sp³-hybridized carbons (Fsp3) is 0.412. The molecule has 1 amide bonds. The minimum absolute atomic E-state index is 0.0704. The molecule has 3 rings (SSSR count). The number of thioether (sulfide) groups is 1. The second kappa shape index (κ2) is 8.24. The Hall–Kier alpha value is -0.840. The van der Waals surface area contributed by atoms with Crippen molar-refractivity contribution in [3.8, 4) is 11.5 Å². The van der Waals surface area contributed by atoms with Crippen LogP contribution < -0.4 is 4.74 Å². The average Bonchev–Trinajstić information content (AvgIpc) is 3.17. The van der Waals surface area contributed by atoms with Crippen LogP contribution in [0.25, 0.3) is 6.08 Å². The third-order valence-corrected chi connectivity index (χ3v) is 6.13. The summed E-state index contributed by atoms with van der Waals surface area (Å²) < 4.78 is 12.3. The zero-order valence-corrected chi connectivity index (χ0v) is 17.4. The maximum absolute atomic E-state index is 12.7. The summed E-state index contributed by atoms with van der Waals surface area (Å²) in [7, 11) is 0. The molecule has 25 heavy (non-hydrogen) atoms. The molecular formula is C17H18INO4S2. The number of carbonyl (C=O) groups is 1. The first-order chi connectivity index (χ1) is 12.0. The number of rotatable bonds is 5. The number of ether oxygens (including phenoxy) is 2. The lowest BCUT2D eigenvalue weighted by atomic mass is 10.2. The molecule has 0 unspecified atom stereocenters. The Kier molecular flexibility index (Phi) is 6.24. The summed E-state index contributed by atoms with van der Waals surface area (Å²) in [6, 6.07) is 3.54. The van der Waals surface area contributed by atoms with Gasteiger partial charge in [-0.15, -0.1) is 0 Å². The van der Waals surface area contributed by atoms with Crippen molar-refractivity contribution in [3.63, 3.8) is 0 Å². The van der Waals surface area contributed by atoms with E-state index in [1.165, 1.54) is 11.8 Å². The molecule has 1 N–H and O–H groups in total. The number of thiocarbonyl (C=S) groups is 1. The van der Waals surface area contributed by atoms with Crippen molar-refractivity contribution < 1.29 is 19.4 Å². The zero-order valence-electron chi connectivity index (χ0n) is 13.7. The van der Waals surface area contributed by atoms with Gasteiger partial charge in [0.05, 0.1) is 27.7 Å². The first-order valence-electron chi connectivity index (χ1n) is 8.02. The van der Waals surface area contributed by atoms with Gasteiger partial charge in [-0.05, 0) is 66.1 Å². The minimum atomic E-state index is -0.0912. The summed E-state index contributed by atoms with van der Waals surface area (Å²) in [5, 5.41) is 10.0. The van der Waals surface area contributed by atoms with Gasteiger partial charge in [-0.2, -0.15) is 0 Å². The molecule has 2 heterocycles. The molecule has 0 spiro atoms. The number of benzene rings is 1. The molecule has 2 aliphatic rings. The average molecular weight is 491 g/mol. The molecule has 1 atom stereocenters. The molecule has 8 heteroatoms. The third kappa shape index (κ3) is 4.29. The summed E-state index contributed by atoms with van der Waals surface area (Å²) in [5.41, 5.74) is 0.795. The first kappa shape index (κ1) is 18.9. The maximum Gasteiger partial charge on any atom is 0.266 e. The maximum atomic E-state index is 12.7. The Labute approximate surface area is 169 Å². The molecule has 0 bridgehead atoms. The fourth-order valence-corrected chi connectivity index (χ4v) is 4.64. The van der Waals surface area contributed by atoms with Crippen molar-refractivity contribution in [1.82, 2.24) is 4.90 Å². The van der Waals surface area contributed by atoms with Gasteiger partial charge in [-0.3, -0.25) is 9.69 Å². The minimum Gasteiger partial charge on any atom is -0.504 e. The lowest BCUT2D eigenvalue weighted by Crippen LogP contribution is -2.35. The normalized spacial score (nSPS) is 22.2. The third-order valence-electron chi connectivity index (χ3n) is 3.93. The van der Waals surface area contributed by atoms with Gasteiger partial charge in [0.25, 0.3) is 5.91 Å². The molecule has 0 saturated carbocycles. The van der Waals surface area contributed by atoms with Crippen LogP contribution in [0.1, 0.15) is 25.3 Å². The summed E-state index contributed by atoms with van der Waals surface area (Å²) in [6.07, 6.45) is 3.85. The highest BCUT2D eigenvalue weighted by Crippen LogP contribution is 2.37. The van der Waals surface area contributed by atoms with Crippen molar-refractivity contribution in [3.05, 3.63) is 26.2 Å². The number of nitrogens with zero attached hydrogens (tertiary/aromatic N) is 1. The predicted molar refractivity (Wildman–Crippen MR) is 111 cm³/mol. The van der Waals surface area contributed by atoms with E-state index < -0.39 is 0 Å². The van der Waals surface area contributed by atoms with E-state index in [9.17, 15) is 9.90 Å². The largest absolute Gasteiger partial charge is 0.504 e.